The maximum absolute atomic E-state index is 14.6. The minimum Gasteiger partial charge on any atom is -0.549 e. The Balaban J connectivity index is 3.15. The quantitative estimate of drug-likeness (QED) is 0.418. The molecule has 1 unspecified atom stereocenters. The van der Waals surface area contributed by atoms with Crippen molar-refractivity contribution in [2.24, 2.45) is 0 Å². The van der Waals surface area contributed by atoms with Gasteiger partial charge in [-0.3, -0.25) is 0 Å². The van der Waals surface area contributed by atoms with Crippen molar-refractivity contribution >= 4 is 19.9 Å². The molecule has 0 fully saturated rings. The number of esters is 1. The Kier molecular flexibility index (Phi) is 6.56. The highest BCUT2D eigenvalue weighted by molar-refractivity contribution is 6.74. The van der Waals surface area contributed by atoms with Gasteiger partial charge in [0.05, 0.1) is 12.9 Å². The normalized spacial score (nSPS) is 14.3. The Hall–Kier alpha value is -1.62. The number of hydrogen-bond acceptors (Lipinski definition) is 3. The van der Waals surface area contributed by atoms with Crippen LogP contribution in [0.2, 0.25) is 18.1 Å². The summed E-state index contributed by atoms with van der Waals surface area (Å²) in [5, 5.41) is -0.0129. The molecule has 0 saturated heterocycles. The minimum atomic E-state index is -2.09. The second-order valence-corrected chi connectivity index (χ2v) is 11.7. The number of carbonyl (C=O) groups is 1. The first-order valence-electron chi connectivity index (χ1n) is 7.84. The van der Waals surface area contributed by atoms with E-state index in [0.29, 0.717) is 5.56 Å². The maximum atomic E-state index is 14.6. The van der Waals surface area contributed by atoms with Gasteiger partial charge >= 0.3 is 5.97 Å². The van der Waals surface area contributed by atoms with Crippen LogP contribution in [-0.4, -0.2) is 27.1 Å². The third kappa shape index (κ3) is 5.20. The molecule has 1 aromatic rings. The zero-order valence-electron chi connectivity index (χ0n) is 14.9. The third-order valence-corrected chi connectivity index (χ3v) is 8.48. The molecule has 0 aliphatic rings. The van der Waals surface area contributed by atoms with Crippen LogP contribution in [-0.2, 0) is 14.0 Å². The van der Waals surface area contributed by atoms with E-state index in [0.717, 1.165) is 0 Å². The number of hydrogen-bond donors (Lipinski definition) is 0. The molecule has 1 atom stereocenters. The van der Waals surface area contributed by atoms with Crippen molar-refractivity contribution in [2.75, 3.05) is 6.61 Å². The van der Waals surface area contributed by atoms with Gasteiger partial charge in [0.2, 0.25) is 14.5 Å². The maximum Gasteiger partial charge on any atom is 0.345 e. The second-order valence-electron chi connectivity index (χ2n) is 6.93. The molecule has 0 spiro atoms. The molecule has 23 heavy (non-hydrogen) atoms. The molecule has 1 rings (SSSR count). The highest BCUT2D eigenvalue weighted by Crippen LogP contribution is 2.37. The first-order chi connectivity index (χ1) is 10.6. The van der Waals surface area contributed by atoms with Crippen molar-refractivity contribution < 1.29 is 18.3 Å². The average molecular weight is 338 g/mol. The largest absolute Gasteiger partial charge is 0.549 e. The van der Waals surface area contributed by atoms with Crippen molar-refractivity contribution in [1.82, 2.24) is 0 Å². The molecule has 0 aromatic heterocycles. The summed E-state index contributed by atoms with van der Waals surface area (Å²) in [7, 11) is -2.09. The van der Waals surface area contributed by atoms with Gasteiger partial charge in [0.1, 0.15) is 0 Å². The Morgan fingerprint density at radius 1 is 1.26 bits per heavy atom. The van der Waals surface area contributed by atoms with Crippen LogP contribution in [0.25, 0.3) is 5.57 Å². The lowest BCUT2D eigenvalue weighted by Gasteiger charge is -2.35. The summed E-state index contributed by atoms with van der Waals surface area (Å²) in [4.78, 5) is 11.8. The van der Waals surface area contributed by atoms with Gasteiger partial charge in [-0.1, -0.05) is 51.1 Å². The second kappa shape index (κ2) is 7.77. The number of alkyl halides is 1. The van der Waals surface area contributed by atoms with Crippen LogP contribution in [0.3, 0.4) is 0 Å². The van der Waals surface area contributed by atoms with Crippen molar-refractivity contribution in [1.29, 1.82) is 0 Å². The molecular weight excluding hydrogens is 311 g/mol. The van der Waals surface area contributed by atoms with Gasteiger partial charge in [0, 0.05) is 5.57 Å². The smallest absolute Gasteiger partial charge is 0.345 e. The van der Waals surface area contributed by atoms with Gasteiger partial charge in [-0.2, -0.15) is 0 Å². The Morgan fingerprint density at radius 3 is 2.30 bits per heavy atom. The summed E-state index contributed by atoms with van der Waals surface area (Å²) in [5.74, 6) is -0.888. The molecule has 128 valence electrons. The zero-order valence-corrected chi connectivity index (χ0v) is 15.9. The molecule has 0 radical (unpaired) electrons. The number of carbonyl (C=O) groups excluding carboxylic acids is 1. The summed E-state index contributed by atoms with van der Waals surface area (Å²) in [5.41, 5.74) is 0.820. The van der Waals surface area contributed by atoms with Crippen LogP contribution in [0, 0.1) is 0 Å². The van der Waals surface area contributed by atoms with Crippen molar-refractivity contribution in [2.45, 2.75) is 52.0 Å². The van der Waals surface area contributed by atoms with Gasteiger partial charge in [-0.05, 0) is 30.6 Å². The fourth-order valence-electron chi connectivity index (χ4n) is 1.63. The minimum absolute atomic E-state index is 0.0129. The van der Waals surface area contributed by atoms with Crippen LogP contribution in [0.1, 0.15) is 33.3 Å². The molecule has 0 saturated carbocycles. The van der Waals surface area contributed by atoms with E-state index >= 15 is 0 Å². The molecule has 5 heteroatoms. The van der Waals surface area contributed by atoms with E-state index in [1.807, 2.05) is 6.07 Å². The Morgan fingerprint density at radius 2 is 1.83 bits per heavy atom. The number of ether oxygens (including phenoxy) is 1. The molecule has 0 aliphatic heterocycles. The highest BCUT2D eigenvalue weighted by atomic mass is 28.4. The van der Waals surface area contributed by atoms with E-state index in [1.165, 1.54) is 6.26 Å². The van der Waals surface area contributed by atoms with Gasteiger partial charge in [-0.15, -0.1) is 0 Å². The van der Waals surface area contributed by atoms with Gasteiger partial charge in [-0.25, -0.2) is 9.18 Å². The van der Waals surface area contributed by atoms with E-state index in [9.17, 15) is 9.18 Å². The lowest BCUT2D eigenvalue weighted by Crippen LogP contribution is -2.39. The molecule has 0 bridgehead atoms. The predicted molar refractivity (Wildman–Crippen MR) is 94.2 cm³/mol. The number of rotatable bonds is 6. The molecule has 0 N–H and O–H groups in total. The molecule has 0 aliphatic carbocycles. The molecule has 0 amide bonds. The monoisotopic (exact) mass is 338 g/mol. The third-order valence-electron chi connectivity index (χ3n) is 4.16. The lowest BCUT2D eigenvalue weighted by molar-refractivity contribution is -0.146. The molecule has 3 nitrogen and oxygen atoms in total. The topological polar surface area (TPSA) is 35.5 Å². The zero-order chi connectivity index (χ0) is 17.7. The Labute approximate surface area is 139 Å². The van der Waals surface area contributed by atoms with Gasteiger partial charge in [0.25, 0.3) is 0 Å². The van der Waals surface area contributed by atoms with Crippen LogP contribution in [0.15, 0.2) is 36.6 Å². The molecular formula is C18H27FO3Si. The fraction of sp³-hybridized carbons (Fsp3) is 0.500. The predicted octanol–water partition coefficient (Wildman–Crippen LogP) is 4.95. The highest BCUT2D eigenvalue weighted by Gasteiger charge is 2.38. The average Bonchev–Trinajstić information content (AvgIpc) is 2.47. The summed E-state index contributed by atoms with van der Waals surface area (Å²) in [6.45, 7) is 12.3. The lowest BCUT2D eigenvalue weighted by atomic mass is 10.0. The summed E-state index contributed by atoms with van der Waals surface area (Å²) in [6.07, 6.45) is -0.448. The van der Waals surface area contributed by atoms with E-state index in [1.54, 1.807) is 31.2 Å². The summed E-state index contributed by atoms with van der Waals surface area (Å²) in [6, 6.07) is 8.95. The number of halogens is 1. The van der Waals surface area contributed by atoms with E-state index in [-0.39, 0.29) is 17.2 Å². The standard InChI is InChI=1S/C18H27FO3Si/c1-7-21-17(20)16(19)15(14-11-9-8-10-12-14)13-22-23(5,6)18(2,3)4/h8-13,16H,7H2,1-6H3/b15-13+. The van der Waals surface area contributed by atoms with E-state index < -0.39 is 20.5 Å². The summed E-state index contributed by atoms with van der Waals surface area (Å²) >= 11 is 0. The summed E-state index contributed by atoms with van der Waals surface area (Å²) < 4.78 is 25.4. The van der Waals surface area contributed by atoms with Crippen molar-refractivity contribution in [3.8, 4) is 0 Å². The first-order valence-corrected chi connectivity index (χ1v) is 10.7. The first kappa shape index (κ1) is 19.4. The fourth-order valence-corrected chi connectivity index (χ4v) is 2.41. The van der Waals surface area contributed by atoms with Gasteiger partial charge in [0.15, 0.2) is 0 Å². The van der Waals surface area contributed by atoms with Gasteiger partial charge < -0.3 is 9.16 Å². The van der Waals surface area contributed by atoms with Crippen LogP contribution < -0.4 is 0 Å². The van der Waals surface area contributed by atoms with Crippen LogP contribution >= 0.6 is 0 Å². The van der Waals surface area contributed by atoms with Crippen molar-refractivity contribution in [3.05, 3.63) is 42.2 Å². The molecule has 0 heterocycles. The SMILES string of the molecule is CCOC(=O)C(F)/C(=C/O[Si](C)(C)C(C)(C)C)c1ccccc1. The van der Waals surface area contributed by atoms with Crippen LogP contribution in [0.4, 0.5) is 4.39 Å². The molecule has 1 aromatic carbocycles. The van der Waals surface area contributed by atoms with E-state index in [2.05, 4.69) is 33.9 Å². The number of benzene rings is 1. The Bertz CT molecular complexity index is 547. The van der Waals surface area contributed by atoms with Crippen molar-refractivity contribution in [3.63, 3.8) is 0 Å². The van der Waals surface area contributed by atoms with Crippen LogP contribution in [0.5, 0.6) is 0 Å². The van der Waals surface area contributed by atoms with E-state index in [4.69, 9.17) is 9.16 Å².